The lowest BCUT2D eigenvalue weighted by atomic mass is 10.1. The SMILES string of the molecule is NC(=O)C[S+]([O-])Cc1ccccc1-c1cccs1. The average molecular weight is 279 g/mol. The molecule has 3 nitrogen and oxygen atoms in total. The molecule has 0 aliphatic heterocycles. The fraction of sp³-hybridized carbons (Fsp3) is 0.154. The van der Waals surface area contributed by atoms with E-state index in [1.165, 1.54) is 0 Å². The second-order valence-corrected chi connectivity index (χ2v) is 6.23. The fourth-order valence-electron chi connectivity index (χ4n) is 1.70. The maximum atomic E-state index is 11.8. The van der Waals surface area contributed by atoms with E-state index in [4.69, 9.17) is 5.73 Å². The summed E-state index contributed by atoms with van der Waals surface area (Å²) in [5.41, 5.74) is 7.11. The molecule has 94 valence electrons. The Labute approximate surface area is 113 Å². The summed E-state index contributed by atoms with van der Waals surface area (Å²) in [6.45, 7) is 0. The van der Waals surface area contributed by atoms with Crippen molar-refractivity contribution in [2.45, 2.75) is 5.75 Å². The van der Waals surface area contributed by atoms with Crippen LogP contribution in [0.5, 0.6) is 0 Å². The van der Waals surface area contributed by atoms with E-state index in [-0.39, 0.29) is 5.75 Å². The minimum absolute atomic E-state index is 0.0845. The molecule has 18 heavy (non-hydrogen) atoms. The van der Waals surface area contributed by atoms with Crippen molar-refractivity contribution in [3.05, 3.63) is 47.3 Å². The Morgan fingerprint density at radius 1 is 1.28 bits per heavy atom. The van der Waals surface area contributed by atoms with Crippen molar-refractivity contribution >= 4 is 28.4 Å². The van der Waals surface area contributed by atoms with Crippen LogP contribution in [-0.2, 0) is 21.7 Å². The summed E-state index contributed by atoms with van der Waals surface area (Å²) in [7, 11) is 0. The van der Waals surface area contributed by atoms with E-state index in [0.717, 1.165) is 16.0 Å². The third-order valence-electron chi connectivity index (χ3n) is 2.42. The van der Waals surface area contributed by atoms with Crippen LogP contribution in [0, 0.1) is 0 Å². The molecule has 1 aromatic heterocycles. The first-order chi connectivity index (χ1) is 8.66. The average Bonchev–Trinajstić information content (AvgIpc) is 2.81. The van der Waals surface area contributed by atoms with Gasteiger partial charge in [-0.05, 0) is 28.2 Å². The second-order valence-electron chi connectivity index (χ2n) is 3.83. The molecule has 5 heteroatoms. The van der Waals surface area contributed by atoms with Crippen molar-refractivity contribution in [1.82, 2.24) is 0 Å². The Morgan fingerprint density at radius 2 is 2.06 bits per heavy atom. The number of amides is 1. The number of carbonyl (C=O) groups excluding carboxylic acids is 1. The summed E-state index contributed by atoms with van der Waals surface area (Å²) in [5, 5.41) is 2.01. The van der Waals surface area contributed by atoms with Crippen LogP contribution < -0.4 is 5.73 Å². The summed E-state index contributed by atoms with van der Waals surface area (Å²) < 4.78 is 11.8. The summed E-state index contributed by atoms with van der Waals surface area (Å²) >= 11 is 0.398. The van der Waals surface area contributed by atoms with Gasteiger partial charge >= 0.3 is 0 Å². The minimum atomic E-state index is -1.24. The third kappa shape index (κ3) is 3.35. The zero-order valence-corrected chi connectivity index (χ0v) is 11.3. The number of nitrogens with two attached hydrogens (primary N) is 1. The Balaban J connectivity index is 2.21. The van der Waals surface area contributed by atoms with Gasteiger partial charge in [-0.1, -0.05) is 30.3 Å². The number of primary amides is 1. The van der Waals surface area contributed by atoms with E-state index < -0.39 is 17.1 Å². The van der Waals surface area contributed by atoms with E-state index in [1.807, 2.05) is 41.8 Å². The minimum Gasteiger partial charge on any atom is -0.616 e. The molecule has 1 unspecified atom stereocenters. The van der Waals surface area contributed by atoms with E-state index in [0.29, 0.717) is 5.75 Å². The molecule has 0 saturated carbocycles. The van der Waals surface area contributed by atoms with Crippen molar-refractivity contribution in [3.8, 4) is 10.4 Å². The van der Waals surface area contributed by atoms with E-state index in [2.05, 4.69) is 0 Å². The van der Waals surface area contributed by atoms with Gasteiger partial charge in [0.1, 0.15) is 5.75 Å². The Hall–Kier alpha value is -1.30. The van der Waals surface area contributed by atoms with Crippen LogP contribution in [0.4, 0.5) is 0 Å². The van der Waals surface area contributed by atoms with Crippen LogP contribution in [-0.4, -0.2) is 16.2 Å². The van der Waals surface area contributed by atoms with Crippen molar-refractivity contribution < 1.29 is 9.35 Å². The molecule has 0 fully saturated rings. The first-order valence-electron chi connectivity index (χ1n) is 5.42. The highest BCUT2D eigenvalue weighted by Gasteiger charge is 2.14. The molecule has 0 aliphatic rings. The topological polar surface area (TPSA) is 66.2 Å². The molecule has 0 bridgehead atoms. The zero-order valence-electron chi connectivity index (χ0n) is 9.67. The van der Waals surface area contributed by atoms with Gasteiger partial charge in [0.2, 0.25) is 0 Å². The zero-order chi connectivity index (χ0) is 13.0. The number of rotatable bonds is 5. The molecule has 2 rings (SSSR count). The lowest BCUT2D eigenvalue weighted by Gasteiger charge is -2.11. The highest BCUT2D eigenvalue weighted by Crippen LogP contribution is 2.29. The largest absolute Gasteiger partial charge is 0.616 e. The summed E-state index contributed by atoms with van der Waals surface area (Å²) in [4.78, 5) is 11.9. The highest BCUT2D eigenvalue weighted by atomic mass is 32.2. The van der Waals surface area contributed by atoms with Crippen LogP contribution in [0.25, 0.3) is 10.4 Å². The van der Waals surface area contributed by atoms with Gasteiger partial charge in [0.25, 0.3) is 5.91 Å². The van der Waals surface area contributed by atoms with Gasteiger partial charge < -0.3 is 10.3 Å². The molecule has 0 aliphatic carbocycles. The number of hydrogen-bond acceptors (Lipinski definition) is 3. The number of thiophene rings is 1. The van der Waals surface area contributed by atoms with Gasteiger partial charge in [-0.2, -0.15) is 0 Å². The molecule has 1 atom stereocenters. The van der Waals surface area contributed by atoms with Gasteiger partial charge in [0, 0.05) is 10.4 Å². The van der Waals surface area contributed by atoms with Gasteiger partial charge in [0.05, 0.1) is 0 Å². The van der Waals surface area contributed by atoms with Gasteiger partial charge in [-0.15, -0.1) is 11.3 Å². The van der Waals surface area contributed by atoms with Crippen LogP contribution in [0.3, 0.4) is 0 Å². The van der Waals surface area contributed by atoms with Crippen molar-refractivity contribution in [2.75, 3.05) is 5.75 Å². The van der Waals surface area contributed by atoms with Crippen molar-refractivity contribution in [2.24, 2.45) is 5.73 Å². The smallest absolute Gasteiger partial charge is 0.267 e. The standard InChI is InChI=1S/C13H13NO2S2/c14-13(15)9-18(16)8-10-4-1-2-5-11(10)12-6-3-7-17-12/h1-7H,8-9H2,(H2,14,15). The first kappa shape index (κ1) is 13.1. The quantitative estimate of drug-likeness (QED) is 0.852. The Kier molecular flexibility index (Phi) is 4.41. The lowest BCUT2D eigenvalue weighted by Crippen LogP contribution is -2.24. The van der Waals surface area contributed by atoms with Gasteiger partial charge in [0.15, 0.2) is 5.75 Å². The molecule has 0 spiro atoms. The molecule has 2 aromatic rings. The Morgan fingerprint density at radius 3 is 2.72 bits per heavy atom. The molecule has 1 amide bonds. The van der Waals surface area contributed by atoms with Crippen LogP contribution >= 0.6 is 11.3 Å². The molecule has 0 radical (unpaired) electrons. The predicted molar refractivity (Wildman–Crippen MR) is 75.7 cm³/mol. The maximum Gasteiger partial charge on any atom is 0.267 e. The van der Waals surface area contributed by atoms with Crippen molar-refractivity contribution in [3.63, 3.8) is 0 Å². The summed E-state index contributed by atoms with van der Waals surface area (Å²) in [6, 6.07) is 11.8. The molecule has 0 saturated heterocycles. The van der Waals surface area contributed by atoms with E-state index in [9.17, 15) is 9.35 Å². The monoisotopic (exact) mass is 279 g/mol. The summed E-state index contributed by atoms with van der Waals surface area (Å²) in [6.07, 6.45) is 0. The van der Waals surface area contributed by atoms with Gasteiger partial charge in [-0.3, -0.25) is 4.79 Å². The lowest BCUT2D eigenvalue weighted by molar-refractivity contribution is -0.115. The summed E-state index contributed by atoms with van der Waals surface area (Å²) in [5.74, 6) is -0.252. The van der Waals surface area contributed by atoms with E-state index >= 15 is 0 Å². The molecule has 2 N–H and O–H groups in total. The molecule has 1 aromatic carbocycles. The van der Waals surface area contributed by atoms with E-state index in [1.54, 1.807) is 11.3 Å². The molecule has 1 heterocycles. The molecular formula is C13H13NO2S2. The normalized spacial score (nSPS) is 12.3. The van der Waals surface area contributed by atoms with Crippen molar-refractivity contribution in [1.29, 1.82) is 0 Å². The number of hydrogen-bond donors (Lipinski definition) is 1. The highest BCUT2D eigenvalue weighted by molar-refractivity contribution is 7.91. The van der Waals surface area contributed by atoms with Gasteiger partial charge in [-0.25, -0.2) is 0 Å². The van der Waals surface area contributed by atoms with Crippen LogP contribution in [0.2, 0.25) is 0 Å². The Bertz CT molecular complexity index is 526. The third-order valence-corrected chi connectivity index (χ3v) is 4.57. The molecular weight excluding hydrogens is 266 g/mol. The first-order valence-corrected chi connectivity index (χ1v) is 7.78. The fourth-order valence-corrected chi connectivity index (χ4v) is 3.51. The van der Waals surface area contributed by atoms with Crippen LogP contribution in [0.1, 0.15) is 5.56 Å². The number of benzene rings is 1. The van der Waals surface area contributed by atoms with Crippen LogP contribution in [0.15, 0.2) is 41.8 Å². The maximum absolute atomic E-state index is 11.8. The number of carbonyl (C=O) groups is 1. The second kappa shape index (κ2) is 6.04. The predicted octanol–water partition coefficient (Wildman–Crippen LogP) is 2.15.